The molecular weight excluding hydrogens is 278 g/mol. The first-order valence-corrected chi connectivity index (χ1v) is 7.29. The SMILES string of the molecule is N[C@@H](Cc1ccccc1)[C@@H](O)CN(N)Cc1ccc(O)cc1. The van der Waals surface area contributed by atoms with Crippen molar-refractivity contribution in [2.45, 2.75) is 25.1 Å². The minimum absolute atomic E-state index is 0.220. The molecule has 0 saturated heterocycles. The zero-order chi connectivity index (χ0) is 15.9. The normalized spacial score (nSPS) is 14.0. The van der Waals surface area contributed by atoms with Gasteiger partial charge in [0.1, 0.15) is 5.75 Å². The lowest BCUT2D eigenvalue weighted by molar-refractivity contribution is 0.0877. The molecule has 2 aromatic carbocycles. The molecule has 0 aromatic heterocycles. The van der Waals surface area contributed by atoms with E-state index in [1.807, 2.05) is 30.3 Å². The van der Waals surface area contributed by atoms with E-state index in [1.54, 1.807) is 24.3 Å². The first kappa shape index (κ1) is 16.5. The Hall–Kier alpha value is -1.92. The van der Waals surface area contributed by atoms with Crippen molar-refractivity contribution in [2.24, 2.45) is 11.6 Å². The van der Waals surface area contributed by atoms with Crippen molar-refractivity contribution in [3.8, 4) is 5.75 Å². The molecule has 0 heterocycles. The smallest absolute Gasteiger partial charge is 0.115 e. The summed E-state index contributed by atoms with van der Waals surface area (Å²) in [7, 11) is 0. The summed E-state index contributed by atoms with van der Waals surface area (Å²) in [5.74, 6) is 6.15. The topological polar surface area (TPSA) is 95.7 Å². The van der Waals surface area contributed by atoms with Gasteiger partial charge in [-0.2, -0.15) is 0 Å². The summed E-state index contributed by atoms with van der Waals surface area (Å²) in [5.41, 5.74) is 8.10. The van der Waals surface area contributed by atoms with Crippen LogP contribution >= 0.6 is 0 Å². The maximum Gasteiger partial charge on any atom is 0.115 e. The van der Waals surface area contributed by atoms with Crippen molar-refractivity contribution in [3.05, 3.63) is 65.7 Å². The van der Waals surface area contributed by atoms with Crippen molar-refractivity contribution in [1.82, 2.24) is 5.01 Å². The van der Waals surface area contributed by atoms with Crippen LogP contribution in [0.4, 0.5) is 0 Å². The van der Waals surface area contributed by atoms with Crippen LogP contribution in [0.3, 0.4) is 0 Å². The summed E-state index contributed by atoms with van der Waals surface area (Å²) in [6.45, 7) is 0.768. The van der Waals surface area contributed by atoms with Crippen molar-refractivity contribution in [3.63, 3.8) is 0 Å². The van der Waals surface area contributed by atoms with E-state index < -0.39 is 6.10 Å². The number of hydrogen-bond donors (Lipinski definition) is 4. The lowest BCUT2D eigenvalue weighted by Crippen LogP contribution is -2.46. The van der Waals surface area contributed by atoms with Gasteiger partial charge >= 0.3 is 0 Å². The summed E-state index contributed by atoms with van der Waals surface area (Å²) in [6, 6.07) is 16.3. The molecular formula is C17H23N3O2. The average molecular weight is 301 g/mol. The molecule has 0 bridgehead atoms. The van der Waals surface area contributed by atoms with Crippen LogP contribution in [0.25, 0.3) is 0 Å². The average Bonchev–Trinajstić information content (AvgIpc) is 2.50. The predicted octanol–water partition coefficient (Wildman–Crippen LogP) is 0.999. The van der Waals surface area contributed by atoms with Crippen LogP contribution in [0, 0.1) is 0 Å². The van der Waals surface area contributed by atoms with E-state index in [9.17, 15) is 10.2 Å². The summed E-state index contributed by atoms with van der Waals surface area (Å²) in [6.07, 6.45) is -0.1000. The highest BCUT2D eigenvalue weighted by Gasteiger charge is 2.17. The second kappa shape index (κ2) is 7.91. The third-order valence-electron chi connectivity index (χ3n) is 3.55. The van der Waals surface area contributed by atoms with E-state index in [1.165, 1.54) is 5.01 Å². The highest BCUT2D eigenvalue weighted by Crippen LogP contribution is 2.11. The van der Waals surface area contributed by atoms with Crippen LogP contribution in [0.5, 0.6) is 5.75 Å². The van der Waals surface area contributed by atoms with Crippen LogP contribution in [0.2, 0.25) is 0 Å². The number of phenols is 1. The highest BCUT2D eigenvalue weighted by atomic mass is 16.3. The van der Waals surface area contributed by atoms with Gasteiger partial charge in [-0.25, -0.2) is 5.01 Å². The zero-order valence-corrected chi connectivity index (χ0v) is 12.5. The van der Waals surface area contributed by atoms with Gasteiger partial charge in [0, 0.05) is 19.1 Å². The van der Waals surface area contributed by atoms with Gasteiger partial charge in [-0.1, -0.05) is 42.5 Å². The Kier molecular flexibility index (Phi) is 5.91. The monoisotopic (exact) mass is 301 g/mol. The van der Waals surface area contributed by atoms with Gasteiger partial charge in [-0.05, 0) is 29.7 Å². The van der Waals surface area contributed by atoms with Crippen molar-refractivity contribution < 1.29 is 10.2 Å². The fourth-order valence-electron chi connectivity index (χ4n) is 2.30. The molecule has 0 unspecified atom stereocenters. The van der Waals surface area contributed by atoms with Gasteiger partial charge < -0.3 is 15.9 Å². The van der Waals surface area contributed by atoms with Crippen LogP contribution < -0.4 is 11.6 Å². The number of hydrogen-bond acceptors (Lipinski definition) is 5. The van der Waals surface area contributed by atoms with Gasteiger partial charge in [0.2, 0.25) is 0 Å². The van der Waals surface area contributed by atoms with Crippen molar-refractivity contribution in [1.29, 1.82) is 0 Å². The lowest BCUT2D eigenvalue weighted by atomic mass is 10.0. The van der Waals surface area contributed by atoms with E-state index >= 15 is 0 Å². The number of aliphatic hydroxyl groups excluding tert-OH is 1. The minimum atomic E-state index is -0.706. The first-order chi connectivity index (χ1) is 10.5. The number of phenolic OH excluding ortho intramolecular Hbond substituents is 1. The molecule has 22 heavy (non-hydrogen) atoms. The molecule has 5 heteroatoms. The van der Waals surface area contributed by atoms with Crippen LogP contribution in [-0.2, 0) is 13.0 Å². The summed E-state index contributed by atoms with van der Waals surface area (Å²) >= 11 is 0. The summed E-state index contributed by atoms with van der Waals surface area (Å²) < 4.78 is 0. The third-order valence-corrected chi connectivity index (χ3v) is 3.55. The van der Waals surface area contributed by atoms with Crippen molar-refractivity contribution >= 4 is 0 Å². The quantitative estimate of drug-likeness (QED) is 0.452. The number of benzene rings is 2. The Morgan fingerprint density at radius 2 is 1.59 bits per heavy atom. The number of rotatable bonds is 7. The molecule has 2 atom stereocenters. The number of aromatic hydroxyl groups is 1. The van der Waals surface area contributed by atoms with Gasteiger partial charge in [-0.3, -0.25) is 5.84 Å². The number of hydrazine groups is 1. The predicted molar refractivity (Wildman–Crippen MR) is 86.8 cm³/mol. The van der Waals surface area contributed by atoms with Crippen LogP contribution in [0.1, 0.15) is 11.1 Å². The second-order valence-electron chi connectivity index (χ2n) is 5.52. The zero-order valence-electron chi connectivity index (χ0n) is 12.5. The Balaban J connectivity index is 1.82. The molecule has 6 N–H and O–H groups in total. The second-order valence-corrected chi connectivity index (χ2v) is 5.52. The van der Waals surface area contributed by atoms with E-state index in [-0.39, 0.29) is 18.3 Å². The molecule has 0 saturated carbocycles. The van der Waals surface area contributed by atoms with Crippen molar-refractivity contribution in [2.75, 3.05) is 6.54 Å². The fraction of sp³-hybridized carbons (Fsp3) is 0.294. The lowest BCUT2D eigenvalue weighted by Gasteiger charge is -2.24. The largest absolute Gasteiger partial charge is 0.508 e. The molecule has 0 spiro atoms. The fourth-order valence-corrected chi connectivity index (χ4v) is 2.30. The first-order valence-electron chi connectivity index (χ1n) is 7.29. The van der Waals surface area contributed by atoms with E-state index in [2.05, 4.69) is 0 Å². The maximum atomic E-state index is 10.2. The molecule has 2 aromatic rings. The Morgan fingerprint density at radius 1 is 0.955 bits per heavy atom. The molecule has 0 radical (unpaired) electrons. The van der Waals surface area contributed by atoms with E-state index in [0.717, 1.165) is 11.1 Å². The number of nitrogens with two attached hydrogens (primary N) is 2. The molecule has 0 amide bonds. The molecule has 0 aliphatic rings. The number of aliphatic hydroxyl groups is 1. The Labute approximate surface area is 130 Å². The standard InChI is InChI=1S/C17H23N3O2/c18-16(10-13-4-2-1-3-5-13)17(22)12-20(19)11-14-6-8-15(21)9-7-14/h1-9,16-17,21-22H,10-12,18-19H2/t16-,17-/m0/s1. The Morgan fingerprint density at radius 3 is 2.23 bits per heavy atom. The van der Waals surface area contributed by atoms with Gasteiger partial charge in [0.25, 0.3) is 0 Å². The molecule has 0 aliphatic carbocycles. The van der Waals surface area contributed by atoms with E-state index in [0.29, 0.717) is 13.0 Å². The molecule has 118 valence electrons. The summed E-state index contributed by atoms with van der Waals surface area (Å²) in [4.78, 5) is 0. The molecule has 2 rings (SSSR count). The molecule has 0 aliphatic heterocycles. The number of nitrogens with zero attached hydrogens (tertiary/aromatic N) is 1. The van der Waals surface area contributed by atoms with E-state index in [4.69, 9.17) is 11.6 Å². The van der Waals surface area contributed by atoms with Gasteiger partial charge in [0.15, 0.2) is 0 Å². The van der Waals surface area contributed by atoms with Gasteiger partial charge in [-0.15, -0.1) is 0 Å². The molecule has 0 fully saturated rings. The Bertz CT molecular complexity index is 560. The van der Waals surface area contributed by atoms with Crippen LogP contribution in [-0.4, -0.2) is 33.9 Å². The van der Waals surface area contributed by atoms with Gasteiger partial charge in [0.05, 0.1) is 6.10 Å². The minimum Gasteiger partial charge on any atom is -0.508 e. The maximum absolute atomic E-state index is 10.2. The summed E-state index contributed by atoms with van der Waals surface area (Å²) in [5, 5.41) is 21.0. The highest BCUT2D eigenvalue weighted by molar-refractivity contribution is 5.25. The van der Waals surface area contributed by atoms with Crippen LogP contribution in [0.15, 0.2) is 54.6 Å². The third kappa shape index (κ3) is 5.13. The molecule has 5 nitrogen and oxygen atoms in total.